The molecule has 0 saturated heterocycles. The van der Waals surface area contributed by atoms with Crippen LogP contribution in [-0.2, 0) is 9.84 Å². The first kappa shape index (κ1) is 15.5. The third kappa shape index (κ3) is 4.31. The van der Waals surface area contributed by atoms with Crippen molar-refractivity contribution in [2.45, 2.75) is 4.90 Å². The lowest BCUT2D eigenvalue weighted by molar-refractivity contribution is 0.0921. The second-order valence-corrected chi connectivity index (χ2v) is 6.91. The van der Waals surface area contributed by atoms with Gasteiger partial charge in [-0.3, -0.25) is 4.79 Å². The maximum absolute atomic E-state index is 11.9. The Bertz CT molecular complexity index is 734. The van der Waals surface area contributed by atoms with Gasteiger partial charge in [-0.25, -0.2) is 8.42 Å². The summed E-state index contributed by atoms with van der Waals surface area (Å²) in [7, 11) is -3.26. The van der Waals surface area contributed by atoms with E-state index < -0.39 is 9.84 Å². The smallest absolute Gasteiger partial charge is 0.200 e. The van der Waals surface area contributed by atoms with Gasteiger partial charge in [0.25, 0.3) is 0 Å². The molecule has 2 rings (SSSR count). The van der Waals surface area contributed by atoms with E-state index in [1.807, 2.05) is 0 Å². The Morgan fingerprint density at radius 3 is 2.14 bits per heavy atom. The lowest BCUT2D eigenvalue weighted by Crippen LogP contribution is -2.11. The van der Waals surface area contributed by atoms with Crippen LogP contribution in [0.3, 0.4) is 0 Å². The second kappa shape index (κ2) is 6.28. The molecule has 0 aliphatic rings. The fourth-order valence-corrected chi connectivity index (χ4v) is 2.41. The quantitative estimate of drug-likeness (QED) is 0.793. The molecule has 6 heteroatoms. The van der Waals surface area contributed by atoms with Gasteiger partial charge in [0.05, 0.1) is 4.90 Å². The monoisotopic (exact) mass is 324 g/mol. The van der Waals surface area contributed by atoms with Crippen LogP contribution in [0.2, 0.25) is 5.02 Å². The topological polar surface area (TPSA) is 60.4 Å². The molecule has 0 spiro atoms. The summed E-state index contributed by atoms with van der Waals surface area (Å²) < 4.78 is 28.0. The number of carbonyl (C=O) groups is 1. The molecule has 0 aromatic heterocycles. The Hall–Kier alpha value is -1.85. The number of carbonyl (C=O) groups excluding carboxylic acids is 1. The molecule has 0 amide bonds. The number of hydrogen-bond donors (Lipinski definition) is 0. The summed E-state index contributed by atoms with van der Waals surface area (Å²) in [5.41, 5.74) is 0.399. The van der Waals surface area contributed by atoms with Crippen LogP contribution in [-0.4, -0.2) is 27.1 Å². The van der Waals surface area contributed by atoms with Gasteiger partial charge in [0.1, 0.15) is 5.75 Å². The van der Waals surface area contributed by atoms with E-state index in [1.165, 1.54) is 24.3 Å². The van der Waals surface area contributed by atoms with E-state index in [1.54, 1.807) is 24.3 Å². The lowest BCUT2D eigenvalue weighted by atomic mass is 10.1. The van der Waals surface area contributed by atoms with E-state index >= 15 is 0 Å². The zero-order valence-electron chi connectivity index (χ0n) is 11.2. The maximum Gasteiger partial charge on any atom is 0.200 e. The van der Waals surface area contributed by atoms with Crippen molar-refractivity contribution < 1.29 is 17.9 Å². The summed E-state index contributed by atoms with van der Waals surface area (Å²) in [4.78, 5) is 12.1. The van der Waals surface area contributed by atoms with Crippen molar-refractivity contribution in [1.82, 2.24) is 0 Å². The molecule has 0 unspecified atom stereocenters. The van der Waals surface area contributed by atoms with Gasteiger partial charge in [-0.1, -0.05) is 11.6 Å². The predicted molar refractivity (Wildman–Crippen MR) is 80.8 cm³/mol. The molecule has 0 bridgehead atoms. The van der Waals surface area contributed by atoms with E-state index in [0.29, 0.717) is 16.3 Å². The van der Waals surface area contributed by atoms with Gasteiger partial charge >= 0.3 is 0 Å². The number of sulfone groups is 1. The molecule has 0 N–H and O–H groups in total. The highest BCUT2D eigenvalue weighted by atomic mass is 35.5. The normalized spacial score (nSPS) is 11.1. The van der Waals surface area contributed by atoms with Gasteiger partial charge in [0.15, 0.2) is 22.2 Å². The second-order valence-electron chi connectivity index (χ2n) is 4.46. The molecule has 2 aromatic rings. The number of benzene rings is 2. The minimum absolute atomic E-state index is 0.125. The van der Waals surface area contributed by atoms with Crippen LogP contribution in [0.1, 0.15) is 10.4 Å². The van der Waals surface area contributed by atoms with E-state index in [2.05, 4.69) is 0 Å². The molecule has 0 fully saturated rings. The summed E-state index contributed by atoms with van der Waals surface area (Å²) in [6.45, 7) is -0.125. The van der Waals surface area contributed by atoms with Crippen molar-refractivity contribution in [3.05, 3.63) is 59.1 Å². The van der Waals surface area contributed by atoms with E-state index in [4.69, 9.17) is 16.3 Å². The number of ether oxygens (including phenoxy) is 1. The molecule has 0 saturated carbocycles. The average Bonchev–Trinajstić information content (AvgIpc) is 2.45. The molecule has 21 heavy (non-hydrogen) atoms. The summed E-state index contributed by atoms with van der Waals surface area (Å²) in [5, 5.41) is 0.588. The largest absolute Gasteiger partial charge is 0.485 e. The average molecular weight is 325 g/mol. The van der Waals surface area contributed by atoms with Crippen LogP contribution in [0.25, 0.3) is 0 Å². The van der Waals surface area contributed by atoms with E-state index in [-0.39, 0.29) is 17.3 Å². The van der Waals surface area contributed by atoms with Crippen molar-refractivity contribution in [3.8, 4) is 5.75 Å². The Morgan fingerprint density at radius 2 is 1.62 bits per heavy atom. The Kier molecular flexibility index (Phi) is 4.65. The van der Waals surface area contributed by atoms with Crippen LogP contribution in [0.4, 0.5) is 0 Å². The van der Waals surface area contributed by atoms with Gasteiger partial charge in [0.2, 0.25) is 0 Å². The van der Waals surface area contributed by atoms with Gasteiger partial charge in [-0.2, -0.15) is 0 Å². The van der Waals surface area contributed by atoms with Gasteiger partial charge in [-0.15, -0.1) is 0 Å². The fraction of sp³-hybridized carbons (Fsp3) is 0.133. The Labute approximate surface area is 128 Å². The number of halogens is 1. The van der Waals surface area contributed by atoms with Gasteiger partial charge < -0.3 is 4.74 Å². The first-order valence-electron chi connectivity index (χ1n) is 6.08. The number of hydrogen-bond acceptors (Lipinski definition) is 4. The van der Waals surface area contributed by atoms with E-state index in [0.717, 1.165) is 6.26 Å². The molecular weight excluding hydrogens is 312 g/mol. The van der Waals surface area contributed by atoms with Crippen molar-refractivity contribution in [3.63, 3.8) is 0 Å². The van der Waals surface area contributed by atoms with Gasteiger partial charge in [-0.05, 0) is 48.5 Å². The molecule has 0 aliphatic carbocycles. The molecule has 4 nitrogen and oxygen atoms in total. The number of rotatable bonds is 5. The highest BCUT2D eigenvalue weighted by Crippen LogP contribution is 2.16. The van der Waals surface area contributed by atoms with Crippen LogP contribution in [0.5, 0.6) is 5.75 Å². The maximum atomic E-state index is 11.9. The SMILES string of the molecule is CS(=O)(=O)c1ccc(C(=O)COc2ccc(Cl)cc2)cc1. The van der Waals surface area contributed by atoms with Crippen molar-refractivity contribution in [1.29, 1.82) is 0 Å². The number of Topliss-reactive ketones (excluding diaryl/α,β-unsaturated/α-hetero) is 1. The van der Waals surface area contributed by atoms with Crippen LogP contribution in [0, 0.1) is 0 Å². The van der Waals surface area contributed by atoms with E-state index in [9.17, 15) is 13.2 Å². The molecule has 0 heterocycles. The number of ketones is 1. The summed E-state index contributed by atoms with van der Waals surface area (Å²) in [6, 6.07) is 12.4. The third-order valence-electron chi connectivity index (χ3n) is 2.79. The Balaban J connectivity index is 2.02. The molecule has 0 aliphatic heterocycles. The zero-order valence-corrected chi connectivity index (χ0v) is 12.8. The molecule has 0 atom stereocenters. The highest BCUT2D eigenvalue weighted by molar-refractivity contribution is 7.90. The Morgan fingerprint density at radius 1 is 1.05 bits per heavy atom. The molecule has 0 radical (unpaired) electrons. The van der Waals surface area contributed by atoms with Crippen LogP contribution >= 0.6 is 11.6 Å². The molecule has 2 aromatic carbocycles. The van der Waals surface area contributed by atoms with Crippen molar-refractivity contribution in [2.75, 3.05) is 12.9 Å². The van der Waals surface area contributed by atoms with Gasteiger partial charge in [0, 0.05) is 16.8 Å². The van der Waals surface area contributed by atoms with Crippen molar-refractivity contribution >= 4 is 27.2 Å². The fourth-order valence-electron chi connectivity index (χ4n) is 1.65. The van der Waals surface area contributed by atoms with Crippen molar-refractivity contribution in [2.24, 2.45) is 0 Å². The summed E-state index contributed by atoms with van der Waals surface area (Å²) >= 11 is 5.75. The zero-order chi connectivity index (χ0) is 15.5. The predicted octanol–water partition coefficient (Wildman–Crippen LogP) is 3.01. The lowest BCUT2D eigenvalue weighted by Gasteiger charge is -2.06. The van der Waals surface area contributed by atoms with Crippen LogP contribution < -0.4 is 4.74 Å². The molecular formula is C15H13ClO4S. The highest BCUT2D eigenvalue weighted by Gasteiger charge is 2.10. The first-order chi connectivity index (χ1) is 9.86. The molecule has 110 valence electrons. The summed E-state index contributed by atoms with van der Waals surface area (Å²) in [5.74, 6) is 0.311. The van der Waals surface area contributed by atoms with Crippen LogP contribution in [0.15, 0.2) is 53.4 Å². The minimum Gasteiger partial charge on any atom is -0.485 e. The minimum atomic E-state index is -3.26. The third-order valence-corrected chi connectivity index (χ3v) is 4.17. The first-order valence-corrected chi connectivity index (χ1v) is 8.35. The standard InChI is InChI=1S/C15H13ClO4S/c1-21(18,19)14-8-2-11(3-9-14)15(17)10-20-13-6-4-12(16)5-7-13/h2-9H,10H2,1H3. The summed E-state index contributed by atoms with van der Waals surface area (Å²) in [6.07, 6.45) is 1.12.